The lowest BCUT2D eigenvalue weighted by molar-refractivity contribution is 0.185. The second kappa shape index (κ2) is 6.10. The Morgan fingerprint density at radius 1 is 1.59 bits per heavy atom. The van der Waals surface area contributed by atoms with E-state index in [4.69, 9.17) is 16.3 Å². The van der Waals surface area contributed by atoms with Crippen LogP contribution in [0.2, 0.25) is 5.15 Å². The van der Waals surface area contributed by atoms with Gasteiger partial charge in [-0.2, -0.15) is 4.31 Å². The predicted molar refractivity (Wildman–Crippen MR) is 68.6 cm³/mol. The van der Waals surface area contributed by atoms with Gasteiger partial charge >= 0.3 is 0 Å². The molecule has 1 rings (SSSR count). The van der Waals surface area contributed by atoms with E-state index in [1.54, 1.807) is 0 Å². The molecule has 0 fully saturated rings. The van der Waals surface area contributed by atoms with Gasteiger partial charge in [-0.05, 0) is 22.0 Å². The SMILES string of the molecule is COCCN(C)S(=O)(=O)c1cnc(Cl)c(Br)c1. The van der Waals surface area contributed by atoms with Crippen molar-refractivity contribution < 1.29 is 13.2 Å². The highest BCUT2D eigenvalue weighted by molar-refractivity contribution is 9.10. The molecule has 0 saturated heterocycles. The molecule has 0 N–H and O–H groups in total. The van der Waals surface area contributed by atoms with Crippen molar-refractivity contribution in [2.75, 3.05) is 27.3 Å². The molecule has 1 aromatic heterocycles. The van der Waals surface area contributed by atoms with Crippen LogP contribution in [-0.4, -0.2) is 45.0 Å². The first kappa shape index (κ1) is 14.8. The smallest absolute Gasteiger partial charge is 0.244 e. The topological polar surface area (TPSA) is 59.5 Å². The van der Waals surface area contributed by atoms with E-state index in [9.17, 15) is 8.42 Å². The summed E-state index contributed by atoms with van der Waals surface area (Å²) in [5.41, 5.74) is 0. The van der Waals surface area contributed by atoms with Crippen LogP contribution in [0, 0.1) is 0 Å². The lowest BCUT2D eigenvalue weighted by Crippen LogP contribution is -2.30. The highest BCUT2D eigenvalue weighted by Crippen LogP contribution is 2.24. The van der Waals surface area contributed by atoms with Crippen LogP contribution in [-0.2, 0) is 14.8 Å². The first-order valence-electron chi connectivity index (χ1n) is 4.66. The van der Waals surface area contributed by atoms with Crippen LogP contribution in [0.1, 0.15) is 0 Å². The summed E-state index contributed by atoms with van der Waals surface area (Å²) in [7, 11) is -0.551. The second-order valence-electron chi connectivity index (χ2n) is 3.26. The van der Waals surface area contributed by atoms with Gasteiger partial charge in [0, 0.05) is 26.9 Å². The van der Waals surface area contributed by atoms with Gasteiger partial charge in [0.1, 0.15) is 10.0 Å². The van der Waals surface area contributed by atoms with Crippen LogP contribution >= 0.6 is 27.5 Å². The maximum absolute atomic E-state index is 12.1. The monoisotopic (exact) mass is 342 g/mol. The maximum atomic E-state index is 12.1. The minimum Gasteiger partial charge on any atom is -0.383 e. The van der Waals surface area contributed by atoms with Crippen molar-refractivity contribution in [2.24, 2.45) is 0 Å². The molecular formula is C9H12BrClN2O3S. The average molecular weight is 344 g/mol. The summed E-state index contributed by atoms with van der Waals surface area (Å²) < 4.78 is 30.6. The number of halogens is 2. The number of hydrogen-bond donors (Lipinski definition) is 0. The van der Waals surface area contributed by atoms with Gasteiger partial charge < -0.3 is 4.74 Å². The molecule has 0 spiro atoms. The first-order chi connectivity index (χ1) is 7.89. The van der Waals surface area contributed by atoms with Crippen molar-refractivity contribution in [3.05, 3.63) is 21.9 Å². The average Bonchev–Trinajstić information content (AvgIpc) is 2.29. The number of ether oxygens (including phenoxy) is 1. The van der Waals surface area contributed by atoms with Crippen molar-refractivity contribution in [3.63, 3.8) is 0 Å². The van der Waals surface area contributed by atoms with Gasteiger partial charge in [0.2, 0.25) is 10.0 Å². The number of pyridine rings is 1. The quantitative estimate of drug-likeness (QED) is 0.765. The third kappa shape index (κ3) is 3.62. The van der Waals surface area contributed by atoms with E-state index in [1.165, 1.54) is 30.7 Å². The Labute approximate surface area is 114 Å². The fraction of sp³-hybridized carbons (Fsp3) is 0.444. The summed E-state index contributed by atoms with van der Waals surface area (Å²) in [6.07, 6.45) is 1.23. The molecule has 96 valence electrons. The molecule has 0 aliphatic carbocycles. The molecule has 0 unspecified atom stereocenters. The summed E-state index contributed by atoms with van der Waals surface area (Å²) in [6.45, 7) is 0.608. The zero-order chi connectivity index (χ0) is 13.1. The summed E-state index contributed by atoms with van der Waals surface area (Å²) in [4.78, 5) is 3.88. The fourth-order valence-electron chi connectivity index (χ4n) is 1.06. The normalized spacial score (nSPS) is 12.1. The molecule has 0 atom stereocenters. The summed E-state index contributed by atoms with van der Waals surface area (Å²) in [6, 6.07) is 1.42. The molecule has 0 aromatic carbocycles. The van der Waals surface area contributed by atoms with E-state index in [0.717, 1.165) is 0 Å². The lowest BCUT2D eigenvalue weighted by atomic mass is 10.5. The van der Waals surface area contributed by atoms with E-state index in [-0.39, 0.29) is 16.6 Å². The largest absolute Gasteiger partial charge is 0.383 e. The molecule has 0 radical (unpaired) electrons. The van der Waals surface area contributed by atoms with Crippen molar-refractivity contribution in [2.45, 2.75) is 4.90 Å². The molecule has 5 nitrogen and oxygen atoms in total. The molecular weight excluding hydrogens is 332 g/mol. The first-order valence-corrected chi connectivity index (χ1v) is 7.27. The zero-order valence-corrected chi connectivity index (χ0v) is 12.5. The lowest BCUT2D eigenvalue weighted by Gasteiger charge is -2.16. The minimum atomic E-state index is -3.55. The zero-order valence-electron chi connectivity index (χ0n) is 9.35. The Morgan fingerprint density at radius 3 is 2.76 bits per heavy atom. The number of nitrogens with zero attached hydrogens (tertiary/aromatic N) is 2. The van der Waals surface area contributed by atoms with Crippen LogP contribution in [0.25, 0.3) is 0 Å². The maximum Gasteiger partial charge on any atom is 0.244 e. The highest BCUT2D eigenvalue weighted by atomic mass is 79.9. The molecule has 17 heavy (non-hydrogen) atoms. The second-order valence-corrected chi connectivity index (χ2v) is 6.52. The van der Waals surface area contributed by atoms with E-state index in [2.05, 4.69) is 20.9 Å². The Kier molecular flexibility index (Phi) is 5.33. The number of hydrogen-bond acceptors (Lipinski definition) is 4. The third-order valence-corrected chi connectivity index (χ3v) is 5.05. The van der Waals surface area contributed by atoms with E-state index >= 15 is 0 Å². The molecule has 0 aliphatic heterocycles. The number of aromatic nitrogens is 1. The fourth-order valence-corrected chi connectivity index (χ4v) is 2.80. The summed E-state index contributed by atoms with van der Waals surface area (Å²) >= 11 is 8.85. The molecule has 0 aliphatic rings. The van der Waals surface area contributed by atoms with E-state index in [0.29, 0.717) is 11.1 Å². The molecule has 0 saturated carbocycles. The standard InChI is InChI=1S/C9H12BrClN2O3S/c1-13(3-4-16-2)17(14,15)7-5-8(10)9(11)12-6-7/h5-6H,3-4H2,1-2H3. The van der Waals surface area contributed by atoms with Crippen molar-refractivity contribution in [3.8, 4) is 0 Å². The van der Waals surface area contributed by atoms with Gasteiger partial charge in [0.05, 0.1) is 11.1 Å². The van der Waals surface area contributed by atoms with Crippen LogP contribution in [0.15, 0.2) is 21.6 Å². The van der Waals surface area contributed by atoms with Crippen molar-refractivity contribution in [1.82, 2.24) is 9.29 Å². The van der Waals surface area contributed by atoms with Gasteiger partial charge in [-0.3, -0.25) is 0 Å². The number of rotatable bonds is 5. The summed E-state index contributed by atoms with van der Waals surface area (Å²) in [5, 5.41) is 0.225. The van der Waals surface area contributed by atoms with Gasteiger partial charge in [-0.25, -0.2) is 13.4 Å². The highest BCUT2D eigenvalue weighted by Gasteiger charge is 2.21. The molecule has 1 aromatic rings. The van der Waals surface area contributed by atoms with E-state index in [1.807, 2.05) is 0 Å². The van der Waals surface area contributed by atoms with Gasteiger partial charge in [0.15, 0.2) is 0 Å². The van der Waals surface area contributed by atoms with Crippen LogP contribution in [0.3, 0.4) is 0 Å². The number of sulfonamides is 1. The third-order valence-electron chi connectivity index (χ3n) is 2.09. The number of methoxy groups -OCH3 is 1. The van der Waals surface area contributed by atoms with Crippen LogP contribution < -0.4 is 0 Å². The Hall–Kier alpha value is -0.210. The Balaban J connectivity index is 3.00. The van der Waals surface area contributed by atoms with Crippen LogP contribution in [0.4, 0.5) is 0 Å². The van der Waals surface area contributed by atoms with Crippen molar-refractivity contribution >= 4 is 37.6 Å². The molecule has 0 amide bonds. The molecule has 8 heteroatoms. The molecule has 1 heterocycles. The van der Waals surface area contributed by atoms with E-state index < -0.39 is 10.0 Å². The van der Waals surface area contributed by atoms with Crippen molar-refractivity contribution in [1.29, 1.82) is 0 Å². The predicted octanol–water partition coefficient (Wildman–Crippen LogP) is 1.76. The summed E-state index contributed by atoms with van der Waals surface area (Å²) in [5.74, 6) is 0. The molecule has 0 bridgehead atoms. The Bertz CT molecular complexity index is 495. The minimum absolute atomic E-state index is 0.0902. The van der Waals surface area contributed by atoms with Gasteiger partial charge in [0.25, 0.3) is 0 Å². The van der Waals surface area contributed by atoms with Gasteiger partial charge in [-0.15, -0.1) is 0 Å². The Morgan fingerprint density at radius 2 is 2.24 bits per heavy atom. The number of likely N-dealkylation sites (N-methyl/N-ethyl adjacent to an activating group) is 1. The van der Waals surface area contributed by atoms with Gasteiger partial charge in [-0.1, -0.05) is 11.6 Å². The van der Waals surface area contributed by atoms with Crippen LogP contribution in [0.5, 0.6) is 0 Å².